The fourth-order valence-corrected chi connectivity index (χ4v) is 4.05. The van der Waals surface area contributed by atoms with E-state index in [0.29, 0.717) is 13.1 Å². The minimum atomic E-state index is -0.0834. The van der Waals surface area contributed by atoms with Crippen LogP contribution in [0.5, 0.6) is 0 Å². The Balaban J connectivity index is 1.58. The van der Waals surface area contributed by atoms with Gasteiger partial charge in [-0.2, -0.15) is 8.75 Å². The second-order valence-electron chi connectivity index (χ2n) is 6.12. The molecule has 0 spiro atoms. The van der Waals surface area contributed by atoms with Gasteiger partial charge in [-0.05, 0) is 43.2 Å². The van der Waals surface area contributed by atoms with Crippen LogP contribution in [0.4, 0.5) is 4.79 Å². The molecule has 2 heterocycles. The van der Waals surface area contributed by atoms with Crippen LogP contribution in [-0.4, -0.2) is 52.3 Å². The van der Waals surface area contributed by atoms with E-state index >= 15 is 0 Å². The highest BCUT2D eigenvalue weighted by Crippen LogP contribution is 2.22. The van der Waals surface area contributed by atoms with E-state index in [1.807, 2.05) is 38.4 Å². The van der Waals surface area contributed by atoms with Crippen molar-refractivity contribution in [3.8, 4) is 0 Å². The summed E-state index contributed by atoms with van der Waals surface area (Å²) in [5.41, 5.74) is 2.81. The summed E-state index contributed by atoms with van der Waals surface area (Å²) in [5.74, 6) is 0. The summed E-state index contributed by atoms with van der Waals surface area (Å²) in [7, 11) is 5.85. The van der Waals surface area contributed by atoms with E-state index in [1.165, 1.54) is 16.6 Å². The molecule has 0 aliphatic carbocycles. The first-order valence-electron chi connectivity index (χ1n) is 7.94. The van der Waals surface area contributed by atoms with Gasteiger partial charge in [-0.3, -0.25) is 0 Å². The van der Waals surface area contributed by atoms with Crippen molar-refractivity contribution in [3.05, 3.63) is 46.2 Å². The molecule has 8 heteroatoms. The van der Waals surface area contributed by atoms with Crippen molar-refractivity contribution in [2.24, 2.45) is 0 Å². The second kappa shape index (κ2) is 7.90. The van der Waals surface area contributed by atoms with Crippen LogP contribution in [0.15, 0.2) is 35.7 Å². The monoisotopic (exact) mass is 375 g/mol. The number of carbonyl (C=O) groups is 1. The lowest BCUT2D eigenvalue weighted by Crippen LogP contribution is -2.41. The van der Waals surface area contributed by atoms with Gasteiger partial charge < -0.3 is 15.1 Å². The van der Waals surface area contributed by atoms with Crippen molar-refractivity contribution < 1.29 is 4.79 Å². The van der Waals surface area contributed by atoms with Gasteiger partial charge in [0, 0.05) is 25.0 Å². The second-order valence-corrected chi connectivity index (χ2v) is 7.63. The number of amides is 2. The molecule has 0 bridgehead atoms. The Kier molecular flexibility index (Phi) is 5.62. The third kappa shape index (κ3) is 4.33. The molecule has 0 saturated carbocycles. The molecule has 3 rings (SSSR count). The van der Waals surface area contributed by atoms with Gasteiger partial charge in [0.1, 0.15) is 11.0 Å². The molecule has 0 saturated heterocycles. The van der Waals surface area contributed by atoms with E-state index < -0.39 is 0 Å². The Hall–Kier alpha value is -2.03. The summed E-state index contributed by atoms with van der Waals surface area (Å²) >= 11 is 2.91. The van der Waals surface area contributed by atoms with E-state index in [9.17, 15) is 4.79 Å². The number of rotatable bonds is 6. The maximum absolute atomic E-state index is 12.4. The zero-order valence-corrected chi connectivity index (χ0v) is 16.1. The Morgan fingerprint density at radius 2 is 2.00 bits per heavy atom. The number of urea groups is 1. The maximum atomic E-state index is 12.4. The van der Waals surface area contributed by atoms with Crippen molar-refractivity contribution in [2.75, 3.05) is 27.7 Å². The van der Waals surface area contributed by atoms with E-state index in [-0.39, 0.29) is 12.1 Å². The van der Waals surface area contributed by atoms with Gasteiger partial charge >= 0.3 is 6.03 Å². The van der Waals surface area contributed by atoms with Gasteiger partial charge in [0.05, 0.1) is 17.8 Å². The summed E-state index contributed by atoms with van der Waals surface area (Å²) in [6.45, 7) is 1.11. The zero-order valence-electron chi connectivity index (χ0n) is 14.5. The van der Waals surface area contributed by atoms with Gasteiger partial charge in [0.15, 0.2) is 0 Å². The number of aromatic nitrogens is 2. The third-order valence-electron chi connectivity index (χ3n) is 4.03. The molecule has 132 valence electrons. The average molecular weight is 376 g/mol. The summed E-state index contributed by atoms with van der Waals surface area (Å²) in [6, 6.07) is 10.1. The molecule has 6 nitrogen and oxygen atoms in total. The summed E-state index contributed by atoms with van der Waals surface area (Å²) in [6.07, 6.45) is 0. The normalized spacial score (nSPS) is 12.5. The molecule has 0 aliphatic heterocycles. The molecule has 25 heavy (non-hydrogen) atoms. The number of nitrogens with zero attached hydrogens (tertiary/aromatic N) is 4. The number of hydrogen-bond donors (Lipinski definition) is 1. The largest absolute Gasteiger partial charge is 0.336 e. The highest BCUT2D eigenvalue weighted by atomic mass is 32.1. The predicted octanol–water partition coefficient (Wildman–Crippen LogP) is 3.20. The lowest BCUT2D eigenvalue weighted by atomic mass is 10.2. The van der Waals surface area contributed by atoms with E-state index in [0.717, 1.165) is 16.6 Å². The number of thiophene rings is 1. The smallest absolute Gasteiger partial charge is 0.317 e. The Bertz CT molecular complexity index is 831. The summed E-state index contributed by atoms with van der Waals surface area (Å²) < 4.78 is 8.44. The first kappa shape index (κ1) is 17.8. The predicted molar refractivity (Wildman–Crippen MR) is 103 cm³/mol. The standard InChI is InChI=1S/C17H21N5OS2/c1-21(2)15(16-5-4-8-24-16)10-18-17(23)22(3)11-12-6-7-13-14(9-12)20-25-19-13/h4-9,15H,10-11H2,1-3H3,(H,18,23). The van der Waals surface area contributed by atoms with Crippen LogP contribution in [0, 0.1) is 0 Å². The molecule has 1 N–H and O–H groups in total. The molecular formula is C17H21N5OS2. The van der Waals surface area contributed by atoms with E-state index in [1.54, 1.807) is 23.3 Å². The van der Waals surface area contributed by atoms with Crippen molar-refractivity contribution in [2.45, 2.75) is 12.6 Å². The number of hydrogen-bond acceptors (Lipinski definition) is 6. The first-order chi connectivity index (χ1) is 12.0. The van der Waals surface area contributed by atoms with Gasteiger partial charge in [0.2, 0.25) is 0 Å². The van der Waals surface area contributed by atoms with Crippen molar-refractivity contribution >= 4 is 40.1 Å². The van der Waals surface area contributed by atoms with Gasteiger partial charge in [-0.1, -0.05) is 12.1 Å². The molecule has 1 atom stereocenters. The lowest BCUT2D eigenvalue weighted by molar-refractivity contribution is 0.201. The lowest BCUT2D eigenvalue weighted by Gasteiger charge is -2.25. The fraction of sp³-hybridized carbons (Fsp3) is 0.353. The molecule has 1 unspecified atom stereocenters. The molecule has 0 fully saturated rings. The minimum Gasteiger partial charge on any atom is -0.336 e. The molecule has 3 aromatic rings. The van der Waals surface area contributed by atoms with Gasteiger partial charge in [-0.25, -0.2) is 4.79 Å². The third-order valence-corrected chi connectivity index (χ3v) is 5.56. The van der Waals surface area contributed by atoms with Crippen LogP contribution < -0.4 is 5.32 Å². The average Bonchev–Trinajstić information content (AvgIpc) is 3.25. The molecule has 2 amide bonds. The maximum Gasteiger partial charge on any atom is 0.317 e. The number of fused-ring (bicyclic) bond motifs is 1. The van der Waals surface area contributed by atoms with Gasteiger partial charge in [0.25, 0.3) is 0 Å². The van der Waals surface area contributed by atoms with Crippen molar-refractivity contribution in [3.63, 3.8) is 0 Å². The van der Waals surface area contributed by atoms with E-state index in [4.69, 9.17) is 0 Å². The minimum absolute atomic E-state index is 0.0834. The van der Waals surface area contributed by atoms with Crippen LogP contribution >= 0.6 is 23.1 Å². The highest BCUT2D eigenvalue weighted by Gasteiger charge is 2.17. The Morgan fingerprint density at radius 1 is 1.20 bits per heavy atom. The molecule has 1 aromatic carbocycles. The number of nitrogens with one attached hydrogen (secondary N) is 1. The van der Waals surface area contributed by atoms with Crippen molar-refractivity contribution in [1.82, 2.24) is 23.9 Å². The van der Waals surface area contributed by atoms with Crippen LogP contribution in [0.25, 0.3) is 11.0 Å². The zero-order chi connectivity index (χ0) is 17.8. The topological polar surface area (TPSA) is 61.4 Å². The van der Waals surface area contributed by atoms with Crippen LogP contribution in [0.2, 0.25) is 0 Å². The molecular weight excluding hydrogens is 354 g/mol. The summed E-state index contributed by atoms with van der Waals surface area (Å²) in [4.78, 5) is 17.5. The Morgan fingerprint density at radius 3 is 2.72 bits per heavy atom. The Labute approximate surface area is 155 Å². The van der Waals surface area contributed by atoms with Crippen LogP contribution in [-0.2, 0) is 6.54 Å². The molecule has 0 aliphatic rings. The number of carbonyl (C=O) groups excluding carboxylic acids is 1. The summed E-state index contributed by atoms with van der Waals surface area (Å²) in [5, 5.41) is 5.09. The van der Waals surface area contributed by atoms with Crippen LogP contribution in [0.1, 0.15) is 16.5 Å². The van der Waals surface area contributed by atoms with Gasteiger partial charge in [-0.15, -0.1) is 11.3 Å². The SMILES string of the molecule is CN(Cc1ccc2nsnc2c1)C(=O)NCC(c1cccs1)N(C)C. The highest BCUT2D eigenvalue weighted by molar-refractivity contribution is 7.10. The first-order valence-corrected chi connectivity index (χ1v) is 9.55. The quantitative estimate of drug-likeness (QED) is 0.719. The fourth-order valence-electron chi connectivity index (χ4n) is 2.61. The molecule has 0 radical (unpaired) electrons. The number of benzene rings is 1. The van der Waals surface area contributed by atoms with Crippen molar-refractivity contribution in [1.29, 1.82) is 0 Å². The molecule has 2 aromatic heterocycles. The number of likely N-dealkylation sites (N-methyl/N-ethyl adjacent to an activating group) is 1. The van der Waals surface area contributed by atoms with E-state index in [2.05, 4.69) is 30.4 Å². The van der Waals surface area contributed by atoms with Crippen LogP contribution in [0.3, 0.4) is 0 Å².